The summed E-state index contributed by atoms with van der Waals surface area (Å²) in [7, 11) is 0. The Morgan fingerprint density at radius 2 is 0.806 bits per heavy atom. The van der Waals surface area contributed by atoms with Gasteiger partial charge in [0, 0.05) is 0 Å². The molecule has 0 aromatic rings. The van der Waals surface area contributed by atoms with Gasteiger partial charge in [0.25, 0.3) is 0 Å². The van der Waals surface area contributed by atoms with Gasteiger partial charge in [-0.1, -0.05) is 175 Å². The first-order valence-corrected chi connectivity index (χ1v) is 16.8. The lowest BCUT2D eigenvalue weighted by atomic mass is 9.94. The van der Waals surface area contributed by atoms with Crippen molar-refractivity contribution in [3.05, 3.63) is 0 Å². The molecular formula is C34H68O2. The Morgan fingerprint density at radius 3 is 1.19 bits per heavy atom. The van der Waals surface area contributed by atoms with Crippen LogP contribution >= 0.6 is 0 Å². The van der Waals surface area contributed by atoms with E-state index in [0.29, 0.717) is 6.61 Å². The number of esters is 1. The summed E-state index contributed by atoms with van der Waals surface area (Å²) in [5, 5.41) is 0. The molecule has 0 amide bonds. The molecule has 0 bridgehead atoms. The molecule has 0 aromatic carbocycles. The SMILES string of the molecule is CCCCCCCCCC(CCCCCCC)C(=O)OCCCCCCCCCCCCCC(C)C. The molecule has 0 aliphatic heterocycles. The van der Waals surface area contributed by atoms with Crippen molar-refractivity contribution in [2.45, 2.75) is 195 Å². The van der Waals surface area contributed by atoms with Crippen LogP contribution in [0.2, 0.25) is 0 Å². The summed E-state index contributed by atoms with van der Waals surface area (Å²) in [4.78, 5) is 12.8. The largest absolute Gasteiger partial charge is 0.465 e. The second-order valence-electron chi connectivity index (χ2n) is 12.0. The van der Waals surface area contributed by atoms with Crippen LogP contribution in [0, 0.1) is 11.8 Å². The summed E-state index contributed by atoms with van der Waals surface area (Å²) >= 11 is 0. The molecule has 0 radical (unpaired) electrons. The second-order valence-corrected chi connectivity index (χ2v) is 12.0. The van der Waals surface area contributed by atoms with Gasteiger partial charge >= 0.3 is 5.97 Å². The van der Waals surface area contributed by atoms with E-state index < -0.39 is 0 Å². The highest BCUT2D eigenvalue weighted by molar-refractivity contribution is 5.72. The maximum absolute atomic E-state index is 12.8. The van der Waals surface area contributed by atoms with Crippen LogP contribution in [0.1, 0.15) is 195 Å². The predicted molar refractivity (Wildman–Crippen MR) is 161 cm³/mol. The third-order valence-corrected chi connectivity index (χ3v) is 7.82. The third kappa shape index (κ3) is 26.5. The van der Waals surface area contributed by atoms with Gasteiger partial charge in [-0.25, -0.2) is 0 Å². The van der Waals surface area contributed by atoms with Crippen molar-refractivity contribution in [2.75, 3.05) is 6.61 Å². The van der Waals surface area contributed by atoms with Gasteiger partial charge in [-0.05, 0) is 25.2 Å². The van der Waals surface area contributed by atoms with Gasteiger partial charge in [-0.2, -0.15) is 0 Å². The fraction of sp³-hybridized carbons (Fsp3) is 0.971. The van der Waals surface area contributed by atoms with Crippen molar-refractivity contribution in [1.82, 2.24) is 0 Å². The summed E-state index contributed by atoms with van der Waals surface area (Å²) in [6.45, 7) is 9.83. The van der Waals surface area contributed by atoms with Crippen molar-refractivity contribution in [3.63, 3.8) is 0 Å². The zero-order valence-corrected chi connectivity index (χ0v) is 25.6. The average Bonchev–Trinajstić information content (AvgIpc) is 2.86. The van der Waals surface area contributed by atoms with Crippen LogP contribution < -0.4 is 0 Å². The van der Waals surface area contributed by atoms with Crippen LogP contribution in [-0.4, -0.2) is 12.6 Å². The Hall–Kier alpha value is -0.530. The minimum absolute atomic E-state index is 0.102. The first-order chi connectivity index (χ1) is 17.6. The van der Waals surface area contributed by atoms with Crippen molar-refractivity contribution in [1.29, 1.82) is 0 Å². The van der Waals surface area contributed by atoms with E-state index in [1.165, 1.54) is 148 Å². The molecule has 0 heterocycles. The van der Waals surface area contributed by atoms with E-state index in [0.717, 1.165) is 25.2 Å². The molecular weight excluding hydrogens is 440 g/mol. The van der Waals surface area contributed by atoms with Crippen LogP contribution in [0.5, 0.6) is 0 Å². The van der Waals surface area contributed by atoms with Gasteiger partial charge in [0.15, 0.2) is 0 Å². The lowest BCUT2D eigenvalue weighted by Crippen LogP contribution is -2.18. The maximum Gasteiger partial charge on any atom is 0.308 e. The zero-order valence-electron chi connectivity index (χ0n) is 25.6. The van der Waals surface area contributed by atoms with Crippen molar-refractivity contribution in [3.8, 4) is 0 Å². The highest BCUT2D eigenvalue weighted by Gasteiger charge is 2.19. The van der Waals surface area contributed by atoms with E-state index in [4.69, 9.17) is 4.74 Å². The van der Waals surface area contributed by atoms with Crippen molar-refractivity contribution in [2.24, 2.45) is 11.8 Å². The standard InChI is InChI=1S/C34H68O2/c1-5-7-9-11-17-22-26-30-33(29-25-20-10-8-6-2)34(35)36-31-27-23-19-16-14-12-13-15-18-21-24-28-32(3)4/h32-33H,5-31H2,1-4H3. The fourth-order valence-electron chi connectivity index (χ4n) is 5.26. The number of hydrogen-bond acceptors (Lipinski definition) is 2. The predicted octanol–water partition coefficient (Wildman–Crippen LogP) is 12.0. The molecule has 0 saturated heterocycles. The molecule has 0 N–H and O–H groups in total. The Kier molecular flexibility index (Phi) is 28.6. The molecule has 0 rings (SSSR count). The number of carbonyl (C=O) groups is 1. The maximum atomic E-state index is 12.8. The summed E-state index contributed by atoms with van der Waals surface area (Å²) < 4.78 is 5.76. The van der Waals surface area contributed by atoms with Crippen LogP contribution in [0.25, 0.3) is 0 Å². The topological polar surface area (TPSA) is 26.3 Å². The third-order valence-electron chi connectivity index (χ3n) is 7.82. The normalized spacial score (nSPS) is 12.4. The van der Waals surface area contributed by atoms with E-state index in [2.05, 4.69) is 27.7 Å². The Labute approximate surface area is 228 Å². The molecule has 216 valence electrons. The van der Waals surface area contributed by atoms with Gasteiger partial charge < -0.3 is 4.74 Å². The van der Waals surface area contributed by atoms with Gasteiger partial charge in [0.1, 0.15) is 0 Å². The van der Waals surface area contributed by atoms with Gasteiger partial charge in [-0.15, -0.1) is 0 Å². The van der Waals surface area contributed by atoms with E-state index in [-0.39, 0.29) is 11.9 Å². The van der Waals surface area contributed by atoms with Crippen LogP contribution in [0.15, 0.2) is 0 Å². The van der Waals surface area contributed by atoms with Crippen LogP contribution in [-0.2, 0) is 9.53 Å². The lowest BCUT2D eigenvalue weighted by Gasteiger charge is -2.16. The molecule has 0 aromatic heterocycles. The summed E-state index contributed by atoms with van der Waals surface area (Å²) in [5.74, 6) is 1.11. The Balaban J connectivity index is 3.81. The number of carbonyl (C=O) groups excluding carboxylic acids is 1. The van der Waals surface area contributed by atoms with Gasteiger partial charge in [0.05, 0.1) is 12.5 Å². The first-order valence-electron chi connectivity index (χ1n) is 16.8. The van der Waals surface area contributed by atoms with E-state index >= 15 is 0 Å². The zero-order chi connectivity index (χ0) is 26.5. The van der Waals surface area contributed by atoms with Crippen molar-refractivity contribution < 1.29 is 9.53 Å². The summed E-state index contributed by atoms with van der Waals surface area (Å²) in [5.41, 5.74) is 0. The number of ether oxygens (including phenoxy) is 1. The highest BCUT2D eigenvalue weighted by atomic mass is 16.5. The number of hydrogen-bond donors (Lipinski definition) is 0. The quantitative estimate of drug-likeness (QED) is 0.0741. The minimum atomic E-state index is 0.102. The molecule has 1 atom stereocenters. The summed E-state index contributed by atoms with van der Waals surface area (Å²) in [6.07, 6.45) is 33.9. The molecule has 2 nitrogen and oxygen atoms in total. The summed E-state index contributed by atoms with van der Waals surface area (Å²) in [6, 6.07) is 0. The monoisotopic (exact) mass is 509 g/mol. The average molecular weight is 509 g/mol. The van der Waals surface area contributed by atoms with E-state index in [1.807, 2.05) is 0 Å². The van der Waals surface area contributed by atoms with Crippen LogP contribution in [0.3, 0.4) is 0 Å². The molecule has 0 aliphatic rings. The van der Waals surface area contributed by atoms with Gasteiger partial charge in [-0.3, -0.25) is 4.79 Å². The first kappa shape index (κ1) is 35.5. The number of rotatable bonds is 29. The molecule has 2 heteroatoms. The molecule has 1 unspecified atom stereocenters. The highest BCUT2D eigenvalue weighted by Crippen LogP contribution is 2.21. The van der Waals surface area contributed by atoms with E-state index in [9.17, 15) is 4.79 Å². The van der Waals surface area contributed by atoms with Crippen molar-refractivity contribution >= 4 is 5.97 Å². The second kappa shape index (κ2) is 29.0. The number of unbranched alkanes of at least 4 members (excludes halogenated alkanes) is 20. The molecule has 0 aliphatic carbocycles. The Bertz CT molecular complexity index is 431. The van der Waals surface area contributed by atoms with Crippen LogP contribution in [0.4, 0.5) is 0 Å². The molecule has 36 heavy (non-hydrogen) atoms. The minimum Gasteiger partial charge on any atom is -0.465 e. The Morgan fingerprint density at radius 1 is 0.472 bits per heavy atom. The van der Waals surface area contributed by atoms with E-state index in [1.54, 1.807) is 0 Å². The lowest BCUT2D eigenvalue weighted by molar-refractivity contribution is -0.149. The molecule has 0 spiro atoms. The van der Waals surface area contributed by atoms with Gasteiger partial charge in [0.2, 0.25) is 0 Å². The fourth-order valence-corrected chi connectivity index (χ4v) is 5.26. The smallest absolute Gasteiger partial charge is 0.308 e. The molecule has 0 fully saturated rings. The molecule has 0 saturated carbocycles.